The fraction of sp³-hybridized carbons (Fsp3) is 0.615. The van der Waals surface area contributed by atoms with Gasteiger partial charge in [-0.1, -0.05) is 11.6 Å². The van der Waals surface area contributed by atoms with Crippen LogP contribution in [0, 0.1) is 5.92 Å². The van der Waals surface area contributed by atoms with Crippen molar-refractivity contribution in [2.24, 2.45) is 5.92 Å². The van der Waals surface area contributed by atoms with E-state index in [1.165, 1.54) is 25.9 Å². The van der Waals surface area contributed by atoms with Gasteiger partial charge < -0.3 is 15.5 Å². The smallest absolute Gasteiger partial charge is 0.133 e. The summed E-state index contributed by atoms with van der Waals surface area (Å²) in [4.78, 5) is 8.85. The summed E-state index contributed by atoms with van der Waals surface area (Å²) in [5, 5.41) is 0.459. The summed E-state index contributed by atoms with van der Waals surface area (Å²) in [5.41, 5.74) is 6.46. The second-order valence-electron chi connectivity index (χ2n) is 5.21. The van der Waals surface area contributed by atoms with E-state index in [1.807, 2.05) is 6.07 Å². The highest BCUT2D eigenvalue weighted by atomic mass is 35.5. The van der Waals surface area contributed by atoms with Gasteiger partial charge in [-0.3, -0.25) is 0 Å². The predicted octanol–water partition coefficient (Wildman–Crippen LogP) is 2.10. The Morgan fingerprint density at radius 2 is 2.11 bits per heavy atom. The Morgan fingerprint density at radius 1 is 1.44 bits per heavy atom. The normalized spacial score (nSPS) is 17.9. The van der Waals surface area contributed by atoms with E-state index in [0.717, 1.165) is 18.3 Å². The van der Waals surface area contributed by atoms with Gasteiger partial charge in [0.1, 0.15) is 11.0 Å². The molecule has 0 spiro atoms. The number of aromatic nitrogens is 1. The van der Waals surface area contributed by atoms with Crippen LogP contribution in [0.2, 0.25) is 5.15 Å². The molecular weight excluding hydrogens is 248 g/mol. The molecule has 2 heterocycles. The zero-order valence-corrected chi connectivity index (χ0v) is 11.8. The van der Waals surface area contributed by atoms with Crippen molar-refractivity contribution in [1.82, 2.24) is 9.88 Å². The van der Waals surface area contributed by atoms with Gasteiger partial charge in [-0.05, 0) is 45.0 Å². The Hall–Kier alpha value is -1.00. The standard InChI is InChI=1S/C13H21ClN4/c1-17-5-3-10(4-6-17)9-18(2)13-8-11(15)7-12(14)16-13/h7-8,10H,3-6,9H2,1-2H3,(H2,15,16). The molecule has 0 saturated carbocycles. The van der Waals surface area contributed by atoms with Crippen molar-refractivity contribution >= 4 is 23.1 Å². The fourth-order valence-corrected chi connectivity index (χ4v) is 2.64. The fourth-order valence-electron chi connectivity index (χ4n) is 2.42. The van der Waals surface area contributed by atoms with Crippen molar-refractivity contribution in [1.29, 1.82) is 0 Å². The average Bonchev–Trinajstić information content (AvgIpc) is 2.31. The number of anilines is 2. The number of halogens is 1. The van der Waals surface area contributed by atoms with Crippen LogP contribution in [0.5, 0.6) is 0 Å². The first kappa shape index (κ1) is 13.4. The summed E-state index contributed by atoms with van der Waals surface area (Å²) in [6, 6.07) is 3.55. The summed E-state index contributed by atoms with van der Waals surface area (Å²) in [7, 11) is 4.23. The zero-order valence-electron chi connectivity index (χ0n) is 11.1. The summed E-state index contributed by atoms with van der Waals surface area (Å²) < 4.78 is 0. The number of pyridine rings is 1. The van der Waals surface area contributed by atoms with Crippen LogP contribution in [-0.2, 0) is 0 Å². The van der Waals surface area contributed by atoms with E-state index >= 15 is 0 Å². The number of hydrogen-bond acceptors (Lipinski definition) is 4. The number of likely N-dealkylation sites (tertiary alicyclic amines) is 1. The number of piperidine rings is 1. The van der Waals surface area contributed by atoms with Crippen LogP contribution >= 0.6 is 11.6 Å². The number of nitrogens with zero attached hydrogens (tertiary/aromatic N) is 3. The first-order valence-electron chi connectivity index (χ1n) is 6.37. The summed E-state index contributed by atoms with van der Waals surface area (Å²) in [6.07, 6.45) is 2.49. The predicted molar refractivity (Wildman–Crippen MR) is 77.2 cm³/mol. The highest BCUT2D eigenvalue weighted by molar-refractivity contribution is 6.29. The Balaban J connectivity index is 1.96. The van der Waals surface area contributed by atoms with Gasteiger partial charge in [-0.15, -0.1) is 0 Å². The van der Waals surface area contributed by atoms with Crippen molar-refractivity contribution in [2.45, 2.75) is 12.8 Å². The van der Waals surface area contributed by atoms with Crippen LogP contribution in [0.3, 0.4) is 0 Å². The maximum absolute atomic E-state index is 5.93. The van der Waals surface area contributed by atoms with Gasteiger partial charge in [0.2, 0.25) is 0 Å². The number of nitrogen functional groups attached to an aromatic ring is 1. The molecule has 18 heavy (non-hydrogen) atoms. The third-order valence-electron chi connectivity index (χ3n) is 3.56. The highest BCUT2D eigenvalue weighted by Gasteiger charge is 2.18. The van der Waals surface area contributed by atoms with E-state index in [0.29, 0.717) is 10.8 Å². The Bertz CT molecular complexity index is 382. The quantitative estimate of drug-likeness (QED) is 0.853. The van der Waals surface area contributed by atoms with E-state index < -0.39 is 0 Å². The van der Waals surface area contributed by atoms with E-state index in [1.54, 1.807) is 6.07 Å². The van der Waals surface area contributed by atoms with E-state index in [9.17, 15) is 0 Å². The lowest BCUT2D eigenvalue weighted by atomic mass is 9.97. The first-order valence-corrected chi connectivity index (χ1v) is 6.75. The van der Waals surface area contributed by atoms with Crippen molar-refractivity contribution in [3.63, 3.8) is 0 Å². The molecule has 1 saturated heterocycles. The first-order chi connectivity index (χ1) is 8.54. The van der Waals surface area contributed by atoms with Gasteiger partial charge in [0, 0.05) is 25.3 Å². The second-order valence-corrected chi connectivity index (χ2v) is 5.60. The molecule has 1 aliphatic rings. The molecule has 0 atom stereocenters. The minimum atomic E-state index is 0.459. The lowest BCUT2D eigenvalue weighted by molar-refractivity contribution is 0.222. The molecule has 2 N–H and O–H groups in total. The molecule has 0 amide bonds. The lowest BCUT2D eigenvalue weighted by Gasteiger charge is -2.32. The summed E-state index contributed by atoms with van der Waals surface area (Å²) in [6.45, 7) is 3.38. The third-order valence-corrected chi connectivity index (χ3v) is 3.76. The molecule has 1 aliphatic heterocycles. The largest absolute Gasteiger partial charge is 0.399 e. The molecular formula is C13H21ClN4. The summed E-state index contributed by atoms with van der Waals surface area (Å²) in [5.74, 6) is 1.59. The number of rotatable bonds is 3. The molecule has 0 aliphatic carbocycles. The molecule has 0 radical (unpaired) electrons. The van der Waals surface area contributed by atoms with Gasteiger partial charge >= 0.3 is 0 Å². The molecule has 1 aromatic rings. The SMILES string of the molecule is CN1CCC(CN(C)c2cc(N)cc(Cl)n2)CC1. The minimum absolute atomic E-state index is 0.459. The van der Waals surface area contributed by atoms with E-state index in [4.69, 9.17) is 17.3 Å². The topological polar surface area (TPSA) is 45.4 Å². The molecule has 1 fully saturated rings. The Labute approximate surface area is 114 Å². The third kappa shape index (κ3) is 3.50. The molecule has 5 heteroatoms. The molecule has 1 aromatic heterocycles. The maximum atomic E-state index is 5.93. The minimum Gasteiger partial charge on any atom is -0.399 e. The van der Waals surface area contributed by atoms with Gasteiger partial charge in [0.15, 0.2) is 0 Å². The van der Waals surface area contributed by atoms with Crippen LogP contribution in [0.15, 0.2) is 12.1 Å². The lowest BCUT2D eigenvalue weighted by Crippen LogP contribution is -2.36. The highest BCUT2D eigenvalue weighted by Crippen LogP contribution is 2.22. The Kier molecular flexibility index (Phi) is 4.30. The van der Waals surface area contributed by atoms with Gasteiger partial charge in [-0.25, -0.2) is 4.98 Å². The molecule has 0 unspecified atom stereocenters. The molecule has 4 nitrogen and oxygen atoms in total. The van der Waals surface area contributed by atoms with Crippen molar-refractivity contribution < 1.29 is 0 Å². The molecule has 100 valence electrons. The number of hydrogen-bond donors (Lipinski definition) is 1. The monoisotopic (exact) mass is 268 g/mol. The van der Waals surface area contributed by atoms with Gasteiger partial charge in [0.05, 0.1) is 0 Å². The van der Waals surface area contributed by atoms with Crippen LogP contribution in [-0.4, -0.2) is 43.6 Å². The number of nitrogens with two attached hydrogens (primary N) is 1. The van der Waals surface area contributed by atoms with Crippen LogP contribution < -0.4 is 10.6 Å². The zero-order chi connectivity index (χ0) is 13.1. The Morgan fingerprint density at radius 3 is 2.72 bits per heavy atom. The molecule has 2 rings (SSSR count). The van der Waals surface area contributed by atoms with Crippen molar-refractivity contribution in [2.75, 3.05) is 44.4 Å². The van der Waals surface area contributed by atoms with Crippen LogP contribution in [0.1, 0.15) is 12.8 Å². The maximum Gasteiger partial charge on any atom is 0.133 e. The van der Waals surface area contributed by atoms with Crippen molar-refractivity contribution in [3.8, 4) is 0 Å². The van der Waals surface area contributed by atoms with Crippen LogP contribution in [0.25, 0.3) is 0 Å². The molecule has 0 aromatic carbocycles. The van der Waals surface area contributed by atoms with Gasteiger partial charge in [-0.2, -0.15) is 0 Å². The second kappa shape index (κ2) is 5.76. The van der Waals surface area contributed by atoms with Crippen LogP contribution in [0.4, 0.5) is 11.5 Å². The van der Waals surface area contributed by atoms with E-state index in [-0.39, 0.29) is 0 Å². The molecule has 0 bridgehead atoms. The van der Waals surface area contributed by atoms with Crippen molar-refractivity contribution in [3.05, 3.63) is 17.3 Å². The van der Waals surface area contributed by atoms with Gasteiger partial charge in [0.25, 0.3) is 0 Å². The van der Waals surface area contributed by atoms with E-state index in [2.05, 4.69) is 28.9 Å². The summed E-state index contributed by atoms with van der Waals surface area (Å²) >= 11 is 5.93. The average molecular weight is 269 g/mol.